The van der Waals surface area contributed by atoms with Crippen molar-refractivity contribution in [3.63, 3.8) is 0 Å². The first kappa shape index (κ1) is 17.9. The molecule has 22 heavy (non-hydrogen) atoms. The van der Waals surface area contributed by atoms with E-state index < -0.39 is 30.5 Å². The first-order valence-corrected chi connectivity index (χ1v) is 8.53. The van der Waals surface area contributed by atoms with Crippen LogP contribution in [0.3, 0.4) is 0 Å². The number of nitrogens with zero attached hydrogens (tertiary/aromatic N) is 1. The number of halogens is 1. The van der Waals surface area contributed by atoms with E-state index in [1.54, 1.807) is 12.3 Å². The van der Waals surface area contributed by atoms with E-state index in [-0.39, 0.29) is 0 Å². The van der Waals surface area contributed by atoms with Gasteiger partial charge >= 0.3 is 7.12 Å². The molecule has 2 heterocycles. The van der Waals surface area contributed by atoms with E-state index in [0.29, 0.717) is 17.4 Å². The smallest absolute Gasteiger partial charge is 0.399 e. The lowest BCUT2D eigenvalue weighted by atomic mass is 9.80. The van der Waals surface area contributed by atoms with Crippen molar-refractivity contribution < 1.29 is 19.5 Å². The first-order chi connectivity index (χ1) is 10.2. The quantitative estimate of drug-likeness (QED) is 0.607. The van der Waals surface area contributed by atoms with Crippen molar-refractivity contribution in [3.8, 4) is 0 Å². The number of hydrogen-bond acceptors (Lipinski definition) is 5. The van der Waals surface area contributed by atoms with E-state index in [0.717, 1.165) is 5.46 Å². The Morgan fingerprint density at radius 1 is 1.18 bits per heavy atom. The van der Waals surface area contributed by atoms with E-state index in [1.807, 2.05) is 33.8 Å². The van der Waals surface area contributed by atoms with Gasteiger partial charge in [0, 0.05) is 17.0 Å². The lowest BCUT2D eigenvalue weighted by Crippen LogP contribution is -2.41. The zero-order valence-electron chi connectivity index (χ0n) is 13.4. The Bertz CT molecular complexity index is 493. The summed E-state index contributed by atoms with van der Waals surface area (Å²) >= 11 is 3.24. The summed E-state index contributed by atoms with van der Waals surface area (Å²) in [5.41, 5.74) is 0.433. The molecule has 1 fully saturated rings. The van der Waals surface area contributed by atoms with Crippen molar-refractivity contribution in [3.05, 3.63) is 24.0 Å². The van der Waals surface area contributed by atoms with E-state index in [9.17, 15) is 10.2 Å². The minimum absolute atomic E-state index is 0.401. The predicted octanol–water partition coefficient (Wildman–Crippen LogP) is 1.56. The number of alkyl halides is 1. The van der Waals surface area contributed by atoms with Gasteiger partial charge in [-0.2, -0.15) is 0 Å². The molecule has 0 radical (unpaired) electrons. The van der Waals surface area contributed by atoms with Gasteiger partial charge < -0.3 is 19.5 Å². The zero-order chi connectivity index (χ0) is 16.5. The van der Waals surface area contributed by atoms with Gasteiger partial charge in [-0.3, -0.25) is 4.98 Å². The Hall–Kier alpha value is -0.465. The maximum absolute atomic E-state index is 10.0. The van der Waals surface area contributed by atoms with Crippen molar-refractivity contribution in [2.45, 2.75) is 57.5 Å². The molecule has 5 nitrogen and oxygen atoms in total. The monoisotopic (exact) mass is 371 g/mol. The van der Waals surface area contributed by atoms with Crippen LogP contribution < -0.4 is 5.46 Å². The number of aliphatic hydroxyl groups excluding tert-OH is 2. The second-order valence-electron chi connectivity index (χ2n) is 6.59. The molecule has 0 amide bonds. The standard InChI is InChI=1S/C15H23BBrNO4/c1-14(2)15(3,4)22-16(21-14)10-5-6-11(18-9-10)13(20)12(19)7-8-17/h5-6,9,12-13,19-20H,7-8H2,1-4H3. The van der Waals surface area contributed by atoms with Gasteiger partial charge in [-0.1, -0.05) is 22.0 Å². The average molecular weight is 372 g/mol. The topological polar surface area (TPSA) is 71.8 Å². The number of aromatic nitrogens is 1. The normalized spacial score (nSPS) is 22.6. The number of aliphatic hydroxyl groups is 2. The van der Waals surface area contributed by atoms with Gasteiger partial charge in [0.25, 0.3) is 0 Å². The molecule has 1 aliphatic rings. The highest BCUT2D eigenvalue weighted by atomic mass is 79.9. The molecular formula is C15H23BBrNO4. The summed E-state index contributed by atoms with van der Waals surface area (Å²) < 4.78 is 11.9. The van der Waals surface area contributed by atoms with Gasteiger partial charge in [0.15, 0.2) is 0 Å². The highest BCUT2D eigenvalue weighted by Gasteiger charge is 2.51. The lowest BCUT2D eigenvalue weighted by molar-refractivity contribution is 0.00578. The Balaban J connectivity index is 2.10. The number of rotatable bonds is 5. The van der Waals surface area contributed by atoms with Crippen molar-refractivity contribution >= 4 is 28.5 Å². The molecule has 1 aromatic heterocycles. The van der Waals surface area contributed by atoms with E-state index in [1.165, 1.54) is 0 Å². The van der Waals surface area contributed by atoms with Gasteiger partial charge in [0.05, 0.1) is 23.0 Å². The largest absolute Gasteiger partial charge is 0.496 e. The lowest BCUT2D eigenvalue weighted by Gasteiger charge is -2.32. The predicted molar refractivity (Wildman–Crippen MR) is 89.3 cm³/mol. The Morgan fingerprint density at radius 2 is 1.77 bits per heavy atom. The molecule has 0 spiro atoms. The summed E-state index contributed by atoms with van der Waals surface area (Å²) in [5, 5.41) is 20.5. The molecule has 1 aromatic rings. The minimum Gasteiger partial charge on any atom is -0.399 e. The van der Waals surface area contributed by atoms with Gasteiger partial charge in [0.1, 0.15) is 6.10 Å². The van der Waals surface area contributed by atoms with Crippen LogP contribution in [-0.4, -0.2) is 45.0 Å². The zero-order valence-corrected chi connectivity index (χ0v) is 15.0. The molecule has 2 N–H and O–H groups in total. The summed E-state index contributed by atoms with van der Waals surface area (Å²) in [5.74, 6) is 0. The van der Waals surface area contributed by atoms with Crippen molar-refractivity contribution in [1.82, 2.24) is 4.98 Å². The Morgan fingerprint density at radius 3 is 2.23 bits per heavy atom. The van der Waals surface area contributed by atoms with Crippen LogP contribution in [-0.2, 0) is 9.31 Å². The van der Waals surface area contributed by atoms with Crippen molar-refractivity contribution in [1.29, 1.82) is 0 Å². The van der Waals surface area contributed by atoms with Crippen LogP contribution >= 0.6 is 15.9 Å². The van der Waals surface area contributed by atoms with E-state index >= 15 is 0 Å². The fraction of sp³-hybridized carbons (Fsp3) is 0.667. The van der Waals surface area contributed by atoms with Gasteiger partial charge in [-0.25, -0.2) is 0 Å². The second-order valence-corrected chi connectivity index (χ2v) is 7.39. The van der Waals surface area contributed by atoms with Crippen LogP contribution in [0.1, 0.15) is 45.9 Å². The second kappa shape index (κ2) is 6.57. The summed E-state index contributed by atoms with van der Waals surface area (Å²) in [6.45, 7) is 7.98. The van der Waals surface area contributed by atoms with Gasteiger partial charge in [-0.05, 0) is 40.2 Å². The molecule has 0 bridgehead atoms. The fourth-order valence-corrected chi connectivity index (χ4v) is 2.65. The minimum atomic E-state index is -0.995. The van der Waals surface area contributed by atoms with Crippen LogP contribution in [0.15, 0.2) is 18.3 Å². The van der Waals surface area contributed by atoms with E-state index in [2.05, 4.69) is 20.9 Å². The van der Waals surface area contributed by atoms with Crippen molar-refractivity contribution in [2.24, 2.45) is 0 Å². The third-order valence-corrected chi connectivity index (χ3v) is 4.86. The highest BCUT2D eigenvalue weighted by molar-refractivity contribution is 9.09. The SMILES string of the molecule is CC1(C)OB(c2ccc(C(O)C(O)CCBr)nc2)OC1(C)C. The van der Waals surface area contributed by atoms with Gasteiger partial charge in [0.2, 0.25) is 0 Å². The summed E-state index contributed by atoms with van der Waals surface area (Å²) in [6.07, 6.45) is 0.253. The van der Waals surface area contributed by atoms with Crippen LogP contribution in [0.4, 0.5) is 0 Å². The Kier molecular flexibility index (Phi) is 5.34. The van der Waals surface area contributed by atoms with Crippen LogP contribution in [0.5, 0.6) is 0 Å². The molecule has 1 aliphatic heterocycles. The highest BCUT2D eigenvalue weighted by Crippen LogP contribution is 2.36. The van der Waals surface area contributed by atoms with E-state index in [4.69, 9.17) is 9.31 Å². The van der Waals surface area contributed by atoms with Crippen LogP contribution in [0.2, 0.25) is 0 Å². The number of hydrogen-bond donors (Lipinski definition) is 2. The van der Waals surface area contributed by atoms with Crippen molar-refractivity contribution in [2.75, 3.05) is 5.33 Å². The average Bonchev–Trinajstić information content (AvgIpc) is 2.67. The molecule has 2 rings (SSSR count). The molecule has 7 heteroatoms. The molecule has 0 aromatic carbocycles. The molecule has 122 valence electrons. The summed E-state index contributed by atoms with van der Waals surface area (Å²) in [6, 6.07) is 3.51. The fourth-order valence-electron chi connectivity index (χ4n) is 2.18. The molecule has 1 saturated heterocycles. The third kappa shape index (κ3) is 3.54. The molecule has 0 aliphatic carbocycles. The molecule has 0 saturated carbocycles. The van der Waals surface area contributed by atoms with Crippen LogP contribution in [0.25, 0.3) is 0 Å². The maximum Gasteiger partial charge on any atom is 0.496 e. The summed E-state index contributed by atoms with van der Waals surface area (Å²) in [4.78, 5) is 4.24. The molecular weight excluding hydrogens is 349 g/mol. The Labute approximate surface area is 140 Å². The molecule has 2 atom stereocenters. The first-order valence-electron chi connectivity index (χ1n) is 7.41. The maximum atomic E-state index is 10.0. The van der Waals surface area contributed by atoms with Gasteiger partial charge in [-0.15, -0.1) is 0 Å². The summed E-state index contributed by atoms with van der Waals surface area (Å²) in [7, 11) is -0.476. The van der Waals surface area contributed by atoms with Crippen LogP contribution in [0, 0.1) is 0 Å². The molecule has 2 unspecified atom stereocenters. The number of pyridine rings is 1. The third-order valence-electron chi connectivity index (χ3n) is 4.41.